The first kappa shape index (κ1) is 24.2. The highest BCUT2D eigenvalue weighted by Crippen LogP contribution is 2.22. The molecule has 3 amide bonds. The largest absolute Gasteiger partial charge is 0.444 e. The third-order valence-corrected chi connectivity index (χ3v) is 4.82. The van der Waals surface area contributed by atoms with Crippen molar-refractivity contribution in [2.75, 3.05) is 23.7 Å². The lowest BCUT2D eigenvalue weighted by Gasteiger charge is -2.29. The third kappa shape index (κ3) is 6.76. The summed E-state index contributed by atoms with van der Waals surface area (Å²) >= 11 is 5.79. The lowest BCUT2D eigenvalue weighted by atomic mass is 10.1. The zero-order valence-corrected chi connectivity index (χ0v) is 19.2. The molecule has 1 aromatic heterocycles. The predicted molar refractivity (Wildman–Crippen MR) is 123 cm³/mol. The van der Waals surface area contributed by atoms with Crippen LogP contribution in [0.15, 0.2) is 48.2 Å². The molecule has 0 saturated heterocycles. The van der Waals surface area contributed by atoms with E-state index in [0.29, 0.717) is 23.6 Å². The van der Waals surface area contributed by atoms with Gasteiger partial charge in [0.2, 0.25) is 0 Å². The van der Waals surface area contributed by atoms with E-state index in [1.807, 2.05) is 0 Å². The fourth-order valence-electron chi connectivity index (χ4n) is 3.02. The Morgan fingerprint density at radius 1 is 1.12 bits per heavy atom. The number of aromatic nitrogens is 1. The van der Waals surface area contributed by atoms with Gasteiger partial charge in [0, 0.05) is 24.9 Å². The first-order valence-corrected chi connectivity index (χ1v) is 10.6. The van der Waals surface area contributed by atoms with Crippen LogP contribution in [-0.4, -0.2) is 46.5 Å². The van der Waals surface area contributed by atoms with Crippen molar-refractivity contribution in [3.05, 3.63) is 64.6 Å². The fraction of sp³-hybridized carbons (Fsp3) is 0.304. The number of benzene rings is 1. The number of halogens is 2. The first-order valence-electron chi connectivity index (χ1n) is 10.2. The quantitative estimate of drug-likeness (QED) is 0.672. The molecule has 2 N–H and O–H groups in total. The summed E-state index contributed by atoms with van der Waals surface area (Å²) in [6.45, 7) is 5.87. The SMILES string of the molecule is CC(C)(C)OC(=O)N1CC=C(C(=O)Nc2ccc(F)cc2C(=O)Nc2ccc(Cl)cn2)CC1. The van der Waals surface area contributed by atoms with E-state index in [1.54, 1.807) is 32.9 Å². The predicted octanol–water partition coefficient (Wildman–Crippen LogP) is 4.63. The second-order valence-corrected chi connectivity index (χ2v) is 8.80. The summed E-state index contributed by atoms with van der Waals surface area (Å²) in [6.07, 6.45) is 2.85. The molecule has 0 saturated carbocycles. The molecule has 8 nitrogen and oxygen atoms in total. The van der Waals surface area contributed by atoms with Gasteiger partial charge in [-0.2, -0.15) is 0 Å². The van der Waals surface area contributed by atoms with Gasteiger partial charge in [-0.3, -0.25) is 9.59 Å². The van der Waals surface area contributed by atoms with Crippen LogP contribution in [0.5, 0.6) is 0 Å². The molecule has 0 fully saturated rings. The first-order chi connectivity index (χ1) is 15.5. The van der Waals surface area contributed by atoms with Crippen molar-refractivity contribution in [3.63, 3.8) is 0 Å². The monoisotopic (exact) mass is 474 g/mol. The van der Waals surface area contributed by atoms with E-state index in [4.69, 9.17) is 16.3 Å². The molecular weight excluding hydrogens is 451 g/mol. The van der Waals surface area contributed by atoms with E-state index in [-0.39, 0.29) is 23.6 Å². The minimum atomic E-state index is -0.645. The molecule has 0 aliphatic carbocycles. The molecule has 1 aliphatic heterocycles. The fourth-order valence-corrected chi connectivity index (χ4v) is 3.13. The summed E-state index contributed by atoms with van der Waals surface area (Å²) < 4.78 is 19.2. The van der Waals surface area contributed by atoms with Crippen molar-refractivity contribution < 1.29 is 23.5 Å². The number of carbonyl (C=O) groups is 3. The van der Waals surface area contributed by atoms with Crippen LogP contribution in [-0.2, 0) is 9.53 Å². The molecule has 2 heterocycles. The van der Waals surface area contributed by atoms with Crippen molar-refractivity contribution in [2.45, 2.75) is 32.8 Å². The highest BCUT2D eigenvalue weighted by Gasteiger charge is 2.26. The van der Waals surface area contributed by atoms with Crippen LogP contribution in [0.4, 0.5) is 20.7 Å². The van der Waals surface area contributed by atoms with Gasteiger partial charge in [-0.05, 0) is 57.5 Å². The summed E-state index contributed by atoms with van der Waals surface area (Å²) in [5, 5.41) is 5.60. The number of hydrogen-bond donors (Lipinski definition) is 2. The van der Waals surface area contributed by atoms with Gasteiger partial charge < -0.3 is 20.3 Å². The Kier molecular flexibility index (Phi) is 7.33. The van der Waals surface area contributed by atoms with Gasteiger partial charge in [0.1, 0.15) is 17.2 Å². The van der Waals surface area contributed by atoms with Crippen LogP contribution in [0.25, 0.3) is 0 Å². The van der Waals surface area contributed by atoms with Crippen LogP contribution >= 0.6 is 11.6 Å². The number of rotatable bonds is 4. The second kappa shape index (κ2) is 9.99. The minimum absolute atomic E-state index is 0.0631. The maximum Gasteiger partial charge on any atom is 0.410 e. The number of pyridine rings is 1. The van der Waals surface area contributed by atoms with E-state index < -0.39 is 29.3 Å². The van der Waals surface area contributed by atoms with Gasteiger partial charge in [-0.15, -0.1) is 0 Å². The maximum atomic E-state index is 13.8. The van der Waals surface area contributed by atoms with E-state index in [9.17, 15) is 18.8 Å². The van der Waals surface area contributed by atoms with Crippen LogP contribution in [0.2, 0.25) is 5.02 Å². The molecule has 2 aromatic rings. The molecule has 0 bridgehead atoms. The van der Waals surface area contributed by atoms with Crippen LogP contribution in [0.3, 0.4) is 0 Å². The second-order valence-electron chi connectivity index (χ2n) is 8.37. The zero-order valence-electron chi connectivity index (χ0n) is 18.4. The van der Waals surface area contributed by atoms with Gasteiger partial charge in [-0.1, -0.05) is 17.7 Å². The van der Waals surface area contributed by atoms with Crippen molar-refractivity contribution in [1.82, 2.24) is 9.88 Å². The zero-order chi connectivity index (χ0) is 24.2. The molecule has 1 aliphatic rings. The van der Waals surface area contributed by atoms with Crippen molar-refractivity contribution in [1.29, 1.82) is 0 Å². The Bertz CT molecular complexity index is 1100. The van der Waals surface area contributed by atoms with Crippen LogP contribution < -0.4 is 10.6 Å². The van der Waals surface area contributed by atoms with Gasteiger partial charge in [-0.25, -0.2) is 14.2 Å². The number of hydrogen-bond acceptors (Lipinski definition) is 5. The van der Waals surface area contributed by atoms with Crippen molar-refractivity contribution in [3.8, 4) is 0 Å². The van der Waals surface area contributed by atoms with E-state index >= 15 is 0 Å². The summed E-state index contributed by atoms with van der Waals surface area (Å²) in [7, 11) is 0. The Morgan fingerprint density at radius 2 is 1.88 bits per heavy atom. The van der Waals surface area contributed by atoms with Crippen molar-refractivity contribution >= 4 is 41.0 Å². The molecule has 0 spiro atoms. The van der Waals surface area contributed by atoms with Gasteiger partial charge >= 0.3 is 6.09 Å². The topological polar surface area (TPSA) is 101 Å². The summed E-state index contributed by atoms with van der Waals surface area (Å²) in [5.41, 5.74) is -0.0837. The smallest absolute Gasteiger partial charge is 0.410 e. The Morgan fingerprint density at radius 3 is 2.48 bits per heavy atom. The summed E-state index contributed by atoms with van der Waals surface area (Å²) in [4.78, 5) is 43.1. The highest BCUT2D eigenvalue weighted by atomic mass is 35.5. The lowest BCUT2D eigenvalue weighted by Crippen LogP contribution is -2.40. The number of amides is 3. The Hall–Kier alpha value is -3.46. The lowest BCUT2D eigenvalue weighted by molar-refractivity contribution is -0.113. The third-order valence-electron chi connectivity index (χ3n) is 4.60. The summed E-state index contributed by atoms with van der Waals surface area (Å²) in [6, 6.07) is 6.54. The highest BCUT2D eigenvalue weighted by molar-refractivity contribution is 6.30. The van der Waals surface area contributed by atoms with Crippen LogP contribution in [0, 0.1) is 5.82 Å². The average Bonchev–Trinajstić information content (AvgIpc) is 2.75. The molecule has 174 valence electrons. The van der Waals surface area contributed by atoms with E-state index in [0.717, 1.165) is 12.1 Å². The molecule has 1 aromatic carbocycles. The Labute approximate surface area is 195 Å². The van der Waals surface area contributed by atoms with Crippen LogP contribution in [0.1, 0.15) is 37.6 Å². The number of nitrogens with one attached hydrogen (secondary N) is 2. The number of ether oxygens (including phenoxy) is 1. The van der Waals surface area contributed by atoms with Gasteiger partial charge in [0.05, 0.1) is 16.3 Å². The number of nitrogens with zero attached hydrogens (tertiary/aromatic N) is 2. The van der Waals surface area contributed by atoms with Crippen molar-refractivity contribution in [2.24, 2.45) is 0 Å². The molecule has 0 radical (unpaired) electrons. The minimum Gasteiger partial charge on any atom is -0.444 e. The molecule has 10 heteroatoms. The molecular formula is C23H24ClFN4O4. The van der Waals surface area contributed by atoms with Gasteiger partial charge in [0.25, 0.3) is 11.8 Å². The van der Waals surface area contributed by atoms with E-state index in [1.165, 1.54) is 23.2 Å². The molecule has 0 atom stereocenters. The van der Waals surface area contributed by atoms with E-state index in [2.05, 4.69) is 15.6 Å². The number of carbonyl (C=O) groups excluding carboxylic acids is 3. The Balaban J connectivity index is 1.69. The maximum absolute atomic E-state index is 13.8. The number of anilines is 2. The molecule has 3 rings (SSSR count). The standard InChI is InChI=1S/C23H24ClFN4O4/c1-23(2,3)33-22(32)29-10-8-14(9-11-29)20(30)27-18-6-5-16(25)12-17(18)21(31)28-19-7-4-15(24)13-26-19/h4-8,12-13H,9-11H2,1-3H3,(H,27,30)(H,26,28,31). The summed E-state index contributed by atoms with van der Waals surface area (Å²) in [5.74, 6) is -1.49. The molecule has 0 unspecified atom stereocenters. The molecule has 33 heavy (non-hydrogen) atoms. The normalized spacial score (nSPS) is 13.7. The average molecular weight is 475 g/mol. The van der Waals surface area contributed by atoms with Gasteiger partial charge in [0.15, 0.2) is 0 Å².